The fraction of sp³-hybridized carbons (Fsp3) is 0.421. The number of amides is 1. The Kier molecular flexibility index (Phi) is 4.26. The fourth-order valence-corrected chi connectivity index (χ4v) is 3.81. The normalized spacial score (nSPS) is 23.2. The van der Waals surface area contributed by atoms with E-state index in [1.54, 1.807) is 12.3 Å². The molecule has 0 radical (unpaired) electrons. The Balaban J connectivity index is 1.39. The number of nitrogens with one attached hydrogen (secondary N) is 1. The number of ether oxygens (including phenoxy) is 1. The molecule has 5 nitrogen and oxygen atoms in total. The molecule has 5 heteroatoms. The lowest BCUT2D eigenvalue weighted by atomic mass is 10.1. The van der Waals surface area contributed by atoms with Crippen molar-refractivity contribution in [2.24, 2.45) is 0 Å². The molecule has 2 aliphatic heterocycles. The highest BCUT2D eigenvalue weighted by Crippen LogP contribution is 2.28. The number of rotatable bonds is 5. The van der Waals surface area contributed by atoms with Crippen molar-refractivity contribution in [1.82, 2.24) is 10.2 Å². The van der Waals surface area contributed by atoms with Gasteiger partial charge in [-0.2, -0.15) is 0 Å². The van der Waals surface area contributed by atoms with Gasteiger partial charge in [0.15, 0.2) is 5.76 Å². The molecule has 0 saturated carbocycles. The van der Waals surface area contributed by atoms with E-state index in [-0.39, 0.29) is 11.9 Å². The molecule has 0 aliphatic carbocycles. The van der Waals surface area contributed by atoms with Gasteiger partial charge in [-0.05, 0) is 44.0 Å². The van der Waals surface area contributed by atoms with Crippen LogP contribution in [0.1, 0.15) is 35.4 Å². The Morgan fingerprint density at radius 3 is 2.96 bits per heavy atom. The second-order valence-electron chi connectivity index (χ2n) is 6.49. The van der Waals surface area contributed by atoms with Crippen LogP contribution >= 0.6 is 0 Å². The summed E-state index contributed by atoms with van der Waals surface area (Å²) in [6.45, 7) is 2.56. The van der Waals surface area contributed by atoms with Gasteiger partial charge in [0.2, 0.25) is 0 Å². The molecule has 0 unspecified atom stereocenters. The predicted octanol–water partition coefficient (Wildman–Crippen LogP) is 2.83. The summed E-state index contributed by atoms with van der Waals surface area (Å²) >= 11 is 0. The maximum absolute atomic E-state index is 12.6. The predicted molar refractivity (Wildman–Crippen MR) is 89.9 cm³/mol. The molecule has 2 fully saturated rings. The van der Waals surface area contributed by atoms with Gasteiger partial charge in [-0.3, -0.25) is 9.69 Å². The monoisotopic (exact) mass is 326 g/mol. The minimum Gasteiger partial charge on any atom is -0.489 e. The number of furan rings is 1. The molecule has 1 amide bonds. The summed E-state index contributed by atoms with van der Waals surface area (Å²) < 4.78 is 11.2. The molecule has 0 bridgehead atoms. The maximum atomic E-state index is 12.6. The first-order chi connectivity index (χ1) is 11.8. The third-order valence-electron chi connectivity index (χ3n) is 5.01. The Labute approximate surface area is 141 Å². The smallest absolute Gasteiger partial charge is 0.287 e. The van der Waals surface area contributed by atoms with Crippen molar-refractivity contribution in [2.45, 2.75) is 38.0 Å². The van der Waals surface area contributed by atoms with Gasteiger partial charge in [-0.1, -0.05) is 18.2 Å². The van der Waals surface area contributed by atoms with Crippen LogP contribution in [0, 0.1) is 0 Å². The number of nitrogens with zero attached hydrogens (tertiary/aromatic N) is 1. The highest BCUT2D eigenvalue weighted by Gasteiger charge is 2.38. The lowest BCUT2D eigenvalue weighted by Gasteiger charge is -2.21. The number of fused-ring (bicyclic) bond motifs is 1. The standard InChI is InChI=1S/C19H22N2O3/c22-19(20-16-8-11-21-10-4-7-17(16)21)18-14(9-12-23-18)13-24-15-5-2-1-3-6-15/h1-3,5-6,9,12,16-17H,4,7-8,10-11,13H2,(H,20,22)/t16-,17+/m0/s1. The van der Waals surface area contributed by atoms with Crippen LogP contribution in [-0.2, 0) is 6.61 Å². The molecule has 4 rings (SSSR count). The molecule has 1 aromatic carbocycles. The van der Waals surface area contributed by atoms with Crippen LogP contribution in [0.15, 0.2) is 47.1 Å². The summed E-state index contributed by atoms with van der Waals surface area (Å²) in [6.07, 6.45) is 4.98. The second kappa shape index (κ2) is 6.69. The summed E-state index contributed by atoms with van der Waals surface area (Å²) in [6, 6.07) is 12.1. The molecule has 2 saturated heterocycles. The van der Waals surface area contributed by atoms with Crippen molar-refractivity contribution in [1.29, 1.82) is 0 Å². The minimum absolute atomic E-state index is 0.134. The Morgan fingerprint density at radius 2 is 2.08 bits per heavy atom. The topological polar surface area (TPSA) is 54.7 Å². The van der Waals surface area contributed by atoms with E-state index in [4.69, 9.17) is 9.15 Å². The zero-order valence-electron chi connectivity index (χ0n) is 13.6. The second-order valence-corrected chi connectivity index (χ2v) is 6.49. The van der Waals surface area contributed by atoms with Crippen molar-refractivity contribution in [3.8, 4) is 5.75 Å². The molecule has 0 spiro atoms. The van der Waals surface area contributed by atoms with E-state index in [0.29, 0.717) is 18.4 Å². The molecule has 2 aromatic rings. The van der Waals surface area contributed by atoms with E-state index in [9.17, 15) is 4.79 Å². The van der Waals surface area contributed by atoms with Crippen molar-refractivity contribution < 1.29 is 13.9 Å². The van der Waals surface area contributed by atoms with Gasteiger partial charge in [-0.25, -0.2) is 0 Å². The van der Waals surface area contributed by atoms with Gasteiger partial charge in [0.05, 0.1) is 6.26 Å². The highest BCUT2D eigenvalue weighted by atomic mass is 16.5. The Bertz CT molecular complexity index is 698. The van der Waals surface area contributed by atoms with Crippen LogP contribution < -0.4 is 10.1 Å². The molecule has 1 N–H and O–H groups in total. The van der Waals surface area contributed by atoms with Crippen LogP contribution in [0.25, 0.3) is 0 Å². The summed E-state index contributed by atoms with van der Waals surface area (Å²) in [5, 5.41) is 3.16. The Morgan fingerprint density at radius 1 is 1.21 bits per heavy atom. The van der Waals surface area contributed by atoms with Gasteiger partial charge in [0.1, 0.15) is 12.4 Å². The number of hydrogen-bond donors (Lipinski definition) is 1. The molecule has 2 aliphatic rings. The van der Waals surface area contributed by atoms with Crippen LogP contribution in [0.4, 0.5) is 0 Å². The zero-order valence-corrected chi connectivity index (χ0v) is 13.6. The number of hydrogen-bond acceptors (Lipinski definition) is 4. The first-order valence-electron chi connectivity index (χ1n) is 8.60. The third-order valence-corrected chi connectivity index (χ3v) is 5.01. The van der Waals surface area contributed by atoms with E-state index in [1.807, 2.05) is 30.3 Å². The summed E-state index contributed by atoms with van der Waals surface area (Å²) in [5.74, 6) is 1.01. The van der Waals surface area contributed by atoms with E-state index in [0.717, 1.165) is 30.8 Å². The quantitative estimate of drug-likeness (QED) is 0.918. The average molecular weight is 326 g/mol. The summed E-state index contributed by atoms with van der Waals surface area (Å²) in [7, 11) is 0. The fourth-order valence-electron chi connectivity index (χ4n) is 3.81. The SMILES string of the molecule is O=C(N[C@H]1CCN2CCC[C@H]12)c1occc1COc1ccccc1. The van der Waals surface area contributed by atoms with Crippen LogP contribution in [0.5, 0.6) is 5.75 Å². The van der Waals surface area contributed by atoms with E-state index < -0.39 is 0 Å². The molecule has 1 aromatic heterocycles. The van der Waals surface area contributed by atoms with E-state index in [2.05, 4.69) is 10.2 Å². The van der Waals surface area contributed by atoms with Gasteiger partial charge >= 0.3 is 0 Å². The minimum atomic E-state index is -0.134. The van der Waals surface area contributed by atoms with Gasteiger partial charge < -0.3 is 14.5 Å². The van der Waals surface area contributed by atoms with E-state index >= 15 is 0 Å². The maximum Gasteiger partial charge on any atom is 0.287 e. The van der Waals surface area contributed by atoms with Crippen molar-refractivity contribution in [2.75, 3.05) is 13.1 Å². The molecule has 3 heterocycles. The van der Waals surface area contributed by atoms with E-state index in [1.165, 1.54) is 12.8 Å². The zero-order chi connectivity index (χ0) is 16.4. The van der Waals surface area contributed by atoms with Crippen molar-refractivity contribution >= 4 is 5.91 Å². The first kappa shape index (κ1) is 15.3. The number of carbonyl (C=O) groups excluding carboxylic acids is 1. The highest BCUT2D eigenvalue weighted by molar-refractivity contribution is 5.93. The van der Waals surface area contributed by atoms with Crippen LogP contribution in [0.3, 0.4) is 0 Å². The number of benzene rings is 1. The number of carbonyl (C=O) groups is 1. The van der Waals surface area contributed by atoms with Crippen LogP contribution in [0.2, 0.25) is 0 Å². The lowest BCUT2D eigenvalue weighted by molar-refractivity contribution is 0.0898. The first-order valence-corrected chi connectivity index (χ1v) is 8.60. The lowest BCUT2D eigenvalue weighted by Crippen LogP contribution is -2.42. The number of para-hydroxylation sites is 1. The van der Waals surface area contributed by atoms with Gasteiger partial charge in [0, 0.05) is 24.2 Å². The van der Waals surface area contributed by atoms with Crippen molar-refractivity contribution in [3.05, 3.63) is 54.0 Å². The van der Waals surface area contributed by atoms with Crippen LogP contribution in [-0.4, -0.2) is 36.0 Å². The summed E-state index contributed by atoms with van der Waals surface area (Å²) in [5.41, 5.74) is 0.776. The summed E-state index contributed by atoms with van der Waals surface area (Å²) in [4.78, 5) is 15.1. The van der Waals surface area contributed by atoms with Gasteiger partial charge in [-0.15, -0.1) is 0 Å². The molecule has 2 atom stereocenters. The largest absolute Gasteiger partial charge is 0.489 e. The third kappa shape index (κ3) is 3.04. The van der Waals surface area contributed by atoms with Gasteiger partial charge in [0.25, 0.3) is 5.91 Å². The molecular weight excluding hydrogens is 304 g/mol. The molecule has 24 heavy (non-hydrogen) atoms. The Hall–Kier alpha value is -2.27. The molecule has 126 valence electrons. The van der Waals surface area contributed by atoms with Crippen molar-refractivity contribution in [3.63, 3.8) is 0 Å². The average Bonchev–Trinajstić information content (AvgIpc) is 3.32. The molecular formula is C19H22N2O3.